The predicted octanol–water partition coefficient (Wildman–Crippen LogP) is 3.34. The van der Waals surface area contributed by atoms with Crippen molar-refractivity contribution in [3.63, 3.8) is 0 Å². The quantitative estimate of drug-likeness (QED) is 0.791. The van der Waals surface area contributed by atoms with Crippen LogP contribution in [0, 0.1) is 20.8 Å². The molecule has 3 rings (SSSR count). The van der Waals surface area contributed by atoms with Crippen molar-refractivity contribution in [3.05, 3.63) is 64.2 Å². The van der Waals surface area contributed by atoms with Crippen LogP contribution in [0.15, 0.2) is 36.4 Å². The number of hydrogen-bond acceptors (Lipinski definition) is 2. The summed E-state index contributed by atoms with van der Waals surface area (Å²) in [5.41, 5.74) is 5.84. The van der Waals surface area contributed by atoms with E-state index in [0.717, 1.165) is 16.7 Å². The molecule has 106 valence electrons. The van der Waals surface area contributed by atoms with Crippen LogP contribution < -0.4 is 4.90 Å². The fourth-order valence-corrected chi connectivity index (χ4v) is 3.02. The van der Waals surface area contributed by atoms with E-state index < -0.39 is 11.7 Å². The van der Waals surface area contributed by atoms with Crippen molar-refractivity contribution in [2.75, 3.05) is 4.90 Å². The maximum atomic E-state index is 12.2. The van der Waals surface area contributed by atoms with E-state index in [2.05, 4.69) is 19.1 Å². The number of nitrogens with zero attached hydrogens (tertiary/aromatic N) is 1. The molecule has 0 N–H and O–H groups in total. The lowest BCUT2D eigenvalue weighted by molar-refractivity contribution is -0.114. The predicted molar refractivity (Wildman–Crippen MR) is 82.6 cm³/mol. The topological polar surface area (TPSA) is 37.4 Å². The van der Waals surface area contributed by atoms with Crippen molar-refractivity contribution >= 4 is 17.4 Å². The summed E-state index contributed by atoms with van der Waals surface area (Å²) in [6.07, 6.45) is 0. The molecule has 3 nitrogen and oxygen atoms in total. The van der Waals surface area contributed by atoms with Crippen LogP contribution in [0.5, 0.6) is 0 Å². The monoisotopic (exact) mass is 279 g/mol. The zero-order valence-corrected chi connectivity index (χ0v) is 12.4. The lowest BCUT2D eigenvalue weighted by Gasteiger charge is -2.20. The summed E-state index contributed by atoms with van der Waals surface area (Å²) in [6.45, 7) is 6.59. The second-order valence-electron chi connectivity index (χ2n) is 5.61. The first kappa shape index (κ1) is 13.6. The minimum absolute atomic E-state index is 0.409. The Morgan fingerprint density at radius 2 is 1.57 bits per heavy atom. The first-order valence-electron chi connectivity index (χ1n) is 7.01. The van der Waals surface area contributed by atoms with E-state index in [-0.39, 0.29) is 0 Å². The lowest BCUT2D eigenvalue weighted by atomic mass is 9.99. The average molecular weight is 279 g/mol. The third-order valence-corrected chi connectivity index (χ3v) is 4.04. The molecule has 0 spiro atoms. The highest BCUT2D eigenvalue weighted by Gasteiger charge is 2.35. The van der Waals surface area contributed by atoms with Crippen molar-refractivity contribution in [1.29, 1.82) is 0 Å². The van der Waals surface area contributed by atoms with E-state index in [4.69, 9.17) is 0 Å². The van der Waals surface area contributed by atoms with Gasteiger partial charge in [0.05, 0.1) is 17.8 Å². The second-order valence-corrected chi connectivity index (χ2v) is 5.61. The van der Waals surface area contributed by atoms with Gasteiger partial charge in [-0.1, -0.05) is 29.8 Å². The summed E-state index contributed by atoms with van der Waals surface area (Å²) in [4.78, 5) is 25.8. The van der Waals surface area contributed by atoms with Gasteiger partial charge in [0.1, 0.15) is 0 Å². The molecule has 0 atom stereocenters. The lowest BCUT2D eigenvalue weighted by Crippen LogP contribution is -2.29. The van der Waals surface area contributed by atoms with Gasteiger partial charge in [0.2, 0.25) is 0 Å². The Bertz CT molecular complexity index is 739. The summed E-state index contributed by atoms with van der Waals surface area (Å²) in [5.74, 6) is -0.844. The molecule has 1 aliphatic rings. The van der Waals surface area contributed by atoms with Crippen molar-refractivity contribution < 1.29 is 9.59 Å². The maximum Gasteiger partial charge on any atom is 0.299 e. The van der Waals surface area contributed by atoms with Gasteiger partial charge in [-0.3, -0.25) is 9.59 Å². The Labute approximate surface area is 124 Å². The number of anilines is 1. The van der Waals surface area contributed by atoms with Gasteiger partial charge < -0.3 is 4.90 Å². The second kappa shape index (κ2) is 4.85. The van der Waals surface area contributed by atoms with E-state index in [1.807, 2.05) is 26.0 Å². The molecule has 21 heavy (non-hydrogen) atoms. The van der Waals surface area contributed by atoms with Crippen molar-refractivity contribution in [1.82, 2.24) is 0 Å². The van der Waals surface area contributed by atoms with Crippen LogP contribution in [0.4, 0.5) is 5.69 Å². The molecule has 1 aliphatic heterocycles. The summed E-state index contributed by atoms with van der Waals surface area (Å²) >= 11 is 0. The molecule has 0 aromatic heterocycles. The van der Waals surface area contributed by atoms with Gasteiger partial charge in [0.25, 0.3) is 11.7 Å². The third kappa shape index (κ3) is 2.15. The molecule has 0 unspecified atom stereocenters. The minimum atomic E-state index is -0.435. The number of para-hydroxylation sites is 1. The Hall–Kier alpha value is -2.42. The zero-order chi connectivity index (χ0) is 15.1. The van der Waals surface area contributed by atoms with Gasteiger partial charge in [0, 0.05) is 0 Å². The highest BCUT2D eigenvalue weighted by molar-refractivity contribution is 6.52. The maximum absolute atomic E-state index is 12.2. The smallest absolute Gasteiger partial charge is 0.299 e. The molecule has 0 radical (unpaired) electrons. The Balaban J connectivity index is 2.04. The first-order chi connectivity index (χ1) is 9.99. The van der Waals surface area contributed by atoms with Crippen LogP contribution in [0.3, 0.4) is 0 Å². The fraction of sp³-hybridized carbons (Fsp3) is 0.222. The fourth-order valence-electron chi connectivity index (χ4n) is 3.02. The number of Topliss-reactive ketones (excluding diaryl/α,β-unsaturated/α-hetero) is 1. The Morgan fingerprint density at radius 1 is 0.952 bits per heavy atom. The molecular formula is C18H17NO2. The van der Waals surface area contributed by atoms with E-state index in [1.165, 1.54) is 5.56 Å². The normalized spacial score (nSPS) is 13.8. The van der Waals surface area contributed by atoms with Crippen LogP contribution in [0.25, 0.3) is 0 Å². The molecule has 3 heteroatoms. The molecule has 1 heterocycles. The Kier molecular flexibility index (Phi) is 3.13. The molecule has 1 amide bonds. The van der Waals surface area contributed by atoms with Crippen LogP contribution in [0.1, 0.15) is 32.6 Å². The van der Waals surface area contributed by atoms with Crippen LogP contribution in [0.2, 0.25) is 0 Å². The van der Waals surface area contributed by atoms with Gasteiger partial charge in [-0.15, -0.1) is 0 Å². The standard InChI is InChI=1S/C18H17NO2/c1-11-8-12(2)15(13(3)9-11)10-19-16-7-5-4-6-14(16)17(20)18(19)21/h4-9H,10H2,1-3H3. The van der Waals surface area contributed by atoms with Crippen molar-refractivity contribution in [2.45, 2.75) is 27.3 Å². The third-order valence-electron chi connectivity index (χ3n) is 4.04. The summed E-state index contributed by atoms with van der Waals surface area (Å²) < 4.78 is 0. The summed E-state index contributed by atoms with van der Waals surface area (Å²) in [6, 6.07) is 11.4. The van der Waals surface area contributed by atoms with Crippen molar-refractivity contribution in [2.24, 2.45) is 0 Å². The highest BCUT2D eigenvalue weighted by atomic mass is 16.2. The molecule has 2 aromatic rings. The first-order valence-corrected chi connectivity index (χ1v) is 7.01. The number of rotatable bonds is 2. The molecule has 0 fully saturated rings. The van der Waals surface area contributed by atoms with Gasteiger partial charge in [0.15, 0.2) is 0 Å². The number of aryl methyl sites for hydroxylation is 3. The SMILES string of the molecule is Cc1cc(C)c(CN2C(=O)C(=O)c3ccccc32)c(C)c1. The van der Waals surface area contributed by atoms with Crippen LogP contribution in [-0.4, -0.2) is 11.7 Å². The molecule has 0 aliphatic carbocycles. The number of hydrogen-bond donors (Lipinski definition) is 0. The largest absolute Gasteiger partial charge is 0.300 e. The average Bonchev–Trinajstić information content (AvgIpc) is 2.67. The minimum Gasteiger partial charge on any atom is -0.300 e. The van der Waals surface area contributed by atoms with E-state index in [0.29, 0.717) is 17.8 Å². The number of ketones is 1. The van der Waals surface area contributed by atoms with E-state index in [9.17, 15) is 9.59 Å². The Morgan fingerprint density at radius 3 is 2.24 bits per heavy atom. The van der Waals surface area contributed by atoms with Crippen LogP contribution in [-0.2, 0) is 11.3 Å². The van der Waals surface area contributed by atoms with Crippen molar-refractivity contribution in [3.8, 4) is 0 Å². The van der Waals surface area contributed by atoms with Gasteiger partial charge in [-0.25, -0.2) is 0 Å². The molecule has 0 saturated heterocycles. The molecule has 2 aromatic carbocycles. The zero-order valence-electron chi connectivity index (χ0n) is 12.4. The van der Waals surface area contributed by atoms with Gasteiger partial charge in [-0.05, 0) is 49.6 Å². The summed E-state index contributed by atoms with van der Waals surface area (Å²) in [5, 5.41) is 0. The van der Waals surface area contributed by atoms with Gasteiger partial charge >= 0.3 is 0 Å². The van der Waals surface area contributed by atoms with Crippen LogP contribution >= 0.6 is 0 Å². The number of fused-ring (bicyclic) bond motifs is 1. The molecular weight excluding hydrogens is 262 g/mol. The van der Waals surface area contributed by atoms with Gasteiger partial charge in [-0.2, -0.15) is 0 Å². The van der Waals surface area contributed by atoms with E-state index >= 15 is 0 Å². The number of amides is 1. The number of carbonyl (C=O) groups excluding carboxylic acids is 2. The summed E-state index contributed by atoms with van der Waals surface area (Å²) in [7, 11) is 0. The molecule has 0 bridgehead atoms. The van der Waals surface area contributed by atoms with E-state index in [1.54, 1.807) is 17.0 Å². The number of benzene rings is 2. The highest BCUT2D eigenvalue weighted by Crippen LogP contribution is 2.31. The number of carbonyl (C=O) groups is 2. The molecule has 0 saturated carbocycles.